The van der Waals surface area contributed by atoms with Crippen LogP contribution < -0.4 is 5.32 Å². The molecular formula is C14H19BrN4. The van der Waals surface area contributed by atoms with E-state index in [1.54, 1.807) is 0 Å². The van der Waals surface area contributed by atoms with Crippen molar-refractivity contribution in [1.29, 1.82) is 0 Å². The van der Waals surface area contributed by atoms with Crippen molar-refractivity contribution in [3.05, 3.63) is 46.0 Å². The first-order chi connectivity index (χ1) is 9.22. The summed E-state index contributed by atoms with van der Waals surface area (Å²) in [5.74, 6) is 0. The van der Waals surface area contributed by atoms with E-state index in [4.69, 9.17) is 0 Å². The first-order valence-electron chi connectivity index (χ1n) is 6.52. The summed E-state index contributed by atoms with van der Waals surface area (Å²) in [5.41, 5.74) is 3.63. The Labute approximate surface area is 122 Å². The van der Waals surface area contributed by atoms with Gasteiger partial charge < -0.3 is 5.32 Å². The molecule has 5 heteroatoms. The molecule has 0 atom stereocenters. The highest BCUT2D eigenvalue weighted by Gasteiger charge is 2.11. The van der Waals surface area contributed by atoms with Crippen molar-refractivity contribution in [2.45, 2.75) is 26.3 Å². The molecule has 4 nitrogen and oxygen atoms in total. The lowest BCUT2D eigenvalue weighted by atomic mass is 10.2. The topological polar surface area (TPSA) is 42.7 Å². The molecule has 0 fully saturated rings. The number of aryl methyl sites for hydroxylation is 2. The van der Waals surface area contributed by atoms with Gasteiger partial charge in [-0.3, -0.25) is 9.67 Å². The number of nitrogens with zero attached hydrogens (tertiary/aromatic N) is 3. The fourth-order valence-corrected chi connectivity index (χ4v) is 2.76. The molecule has 0 radical (unpaired) electrons. The van der Waals surface area contributed by atoms with E-state index in [-0.39, 0.29) is 0 Å². The van der Waals surface area contributed by atoms with E-state index in [0.717, 1.165) is 36.1 Å². The van der Waals surface area contributed by atoms with E-state index in [0.29, 0.717) is 0 Å². The van der Waals surface area contributed by atoms with E-state index < -0.39 is 0 Å². The standard InChI is InChI=1S/C14H19BrN4/c1-3-12-14(15)13(19(2)18-12)10-17-9-6-11-4-7-16-8-5-11/h4-5,7-8,17H,3,6,9-10H2,1-2H3. The molecule has 19 heavy (non-hydrogen) atoms. The average molecular weight is 323 g/mol. The monoisotopic (exact) mass is 322 g/mol. The van der Waals surface area contributed by atoms with Crippen molar-refractivity contribution in [1.82, 2.24) is 20.1 Å². The molecule has 0 spiro atoms. The molecule has 102 valence electrons. The predicted molar refractivity (Wildman–Crippen MR) is 79.9 cm³/mol. The fraction of sp³-hybridized carbons (Fsp3) is 0.429. The predicted octanol–water partition coefficient (Wildman–Crippen LogP) is 2.47. The van der Waals surface area contributed by atoms with Gasteiger partial charge in [0.25, 0.3) is 0 Å². The molecule has 0 aromatic carbocycles. The Morgan fingerprint density at radius 2 is 2.05 bits per heavy atom. The van der Waals surface area contributed by atoms with Crippen LogP contribution in [-0.2, 0) is 26.4 Å². The maximum Gasteiger partial charge on any atom is 0.0767 e. The van der Waals surface area contributed by atoms with Gasteiger partial charge in [-0.1, -0.05) is 6.92 Å². The summed E-state index contributed by atoms with van der Waals surface area (Å²) >= 11 is 3.63. The van der Waals surface area contributed by atoms with Crippen LogP contribution in [0, 0.1) is 0 Å². The van der Waals surface area contributed by atoms with Gasteiger partial charge in [0.1, 0.15) is 0 Å². The van der Waals surface area contributed by atoms with Crippen molar-refractivity contribution in [2.24, 2.45) is 7.05 Å². The highest BCUT2D eigenvalue weighted by atomic mass is 79.9. The van der Waals surface area contributed by atoms with E-state index in [1.165, 1.54) is 11.3 Å². The number of hydrogen-bond donors (Lipinski definition) is 1. The van der Waals surface area contributed by atoms with E-state index in [9.17, 15) is 0 Å². The van der Waals surface area contributed by atoms with Crippen LogP contribution in [0.5, 0.6) is 0 Å². The van der Waals surface area contributed by atoms with Crippen molar-refractivity contribution in [3.8, 4) is 0 Å². The SMILES string of the molecule is CCc1nn(C)c(CNCCc2ccncc2)c1Br. The summed E-state index contributed by atoms with van der Waals surface area (Å²) in [6.07, 6.45) is 5.63. The zero-order chi connectivity index (χ0) is 13.7. The van der Waals surface area contributed by atoms with Crippen molar-refractivity contribution >= 4 is 15.9 Å². The summed E-state index contributed by atoms with van der Waals surface area (Å²) in [6, 6.07) is 4.10. The number of rotatable bonds is 6. The third kappa shape index (κ3) is 3.64. The normalized spacial score (nSPS) is 10.9. The molecule has 0 aliphatic rings. The van der Waals surface area contributed by atoms with E-state index >= 15 is 0 Å². The molecule has 2 aromatic heterocycles. The minimum atomic E-state index is 0.829. The smallest absolute Gasteiger partial charge is 0.0767 e. The minimum Gasteiger partial charge on any atom is -0.311 e. The van der Waals surface area contributed by atoms with Crippen LogP contribution in [0.2, 0.25) is 0 Å². The third-order valence-electron chi connectivity index (χ3n) is 3.14. The van der Waals surface area contributed by atoms with Crippen LogP contribution in [0.3, 0.4) is 0 Å². The summed E-state index contributed by atoms with van der Waals surface area (Å²) < 4.78 is 3.08. The highest BCUT2D eigenvalue weighted by Crippen LogP contribution is 2.21. The van der Waals surface area contributed by atoms with Gasteiger partial charge in [0, 0.05) is 26.0 Å². The number of halogens is 1. The zero-order valence-corrected chi connectivity index (χ0v) is 12.9. The van der Waals surface area contributed by atoms with Gasteiger partial charge in [-0.05, 0) is 53.0 Å². The number of nitrogens with one attached hydrogen (secondary N) is 1. The van der Waals surface area contributed by atoms with Gasteiger partial charge in [-0.2, -0.15) is 5.10 Å². The molecule has 0 aliphatic carbocycles. The molecule has 0 unspecified atom stereocenters. The maximum absolute atomic E-state index is 4.49. The molecule has 1 N–H and O–H groups in total. The highest BCUT2D eigenvalue weighted by molar-refractivity contribution is 9.10. The van der Waals surface area contributed by atoms with Crippen LogP contribution >= 0.6 is 15.9 Å². The summed E-state index contributed by atoms with van der Waals surface area (Å²) in [6.45, 7) is 3.89. The molecule has 2 heterocycles. The molecule has 2 aromatic rings. The van der Waals surface area contributed by atoms with Crippen LogP contribution in [0.15, 0.2) is 29.0 Å². The Morgan fingerprint density at radius 3 is 2.68 bits per heavy atom. The van der Waals surface area contributed by atoms with Gasteiger partial charge in [-0.15, -0.1) is 0 Å². The molecule has 0 saturated carbocycles. The number of hydrogen-bond acceptors (Lipinski definition) is 3. The Balaban J connectivity index is 1.85. The quantitative estimate of drug-likeness (QED) is 0.831. The Bertz CT molecular complexity index is 522. The second-order valence-electron chi connectivity index (χ2n) is 4.47. The average Bonchev–Trinajstić information content (AvgIpc) is 2.71. The number of aromatic nitrogens is 3. The van der Waals surface area contributed by atoms with Gasteiger partial charge in [0.15, 0.2) is 0 Å². The van der Waals surface area contributed by atoms with Crippen molar-refractivity contribution < 1.29 is 0 Å². The Hall–Kier alpha value is -1.20. The van der Waals surface area contributed by atoms with Crippen molar-refractivity contribution in [2.75, 3.05) is 6.54 Å². The fourth-order valence-electron chi connectivity index (χ4n) is 2.00. The number of pyridine rings is 1. The summed E-state index contributed by atoms with van der Waals surface area (Å²) in [4.78, 5) is 4.02. The Morgan fingerprint density at radius 1 is 1.32 bits per heavy atom. The first-order valence-corrected chi connectivity index (χ1v) is 7.31. The summed E-state index contributed by atoms with van der Waals surface area (Å²) in [7, 11) is 1.99. The zero-order valence-electron chi connectivity index (χ0n) is 11.4. The molecule has 0 saturated heterocycles. The van der Waals surface area contributed by atoms with E-state index in [2.05, 4.69) is 50.4 Å². The van der Waals surface area contributed by atoms with Crippen LogP contribution in [-0.4, -0.2) is 21.3 Å². The van der Waals surface area contributed by atoms with Gasteiger partial charge in [0.2, 0.25) is 0 Å². The second-order valence-corrected chi connectivity index (χ2v) is 5.26. The summed E-state index contributed by atoms with van der Waals surface area (Å²) in [5, 5.41) is 7.95. The van der Waals surface area contributed by atoms with Gasteiger partial charge in [0.05, 0.1) is 15.9 Å². The molecule has 0 amide bonds. The third-order valence-corrected chi connectivity index (χ3v) is 4.05. The molecule has 0 bridgehead atoms. The van der Waals surface area contributed by atoms with Gasteiger partial charge in [-0.25, -0.2) is 0 Å². The first kappa shape index (κ1) is 14.2. The molecule has 0 aliphatic heterocycles. The lowest BCUT2D eigenvalue weighted by Crippen LogP contribution is -2.18. The van der Waals surface area contributed by atoms with Crippen LogP contribution in [0.25, 0.3) is 0 Å². The lowest BCUT2D eigenvalue weighted by molar-refractivity contribution is 0.622. The second kappa shape index (κ2) is 6.82. The van der Waals surface area contributed by atoms with Crippen LogP contribution in [0.1, 0.15) is 23.9 Å². The molecular weight excluding hydrogens is 304 g/mol. The lowest BCUT2D eigenvalue weighted by Gasteiger charge is -2.06. The van der Waals surface area contributed by atoms with Gasteiger partial charge >= 0.3 is 0 Å². The van der Waals surface area contributed by atoms with Crippen molar-refractivity contribution in [3.63, 3.8) is 0 Å². The minimum absolute atomic E-state index is 0.829. The van der Waals surface area contributed by atoms with E-state index in [1.807, 2.05) is 24.1 Å². The Kier molecular flexibility index (Phi) is 5.10. The van der Waals surface area contributed by atoms with Crippen LogP contribution in [0.4, 0.5) is 0 Å². The maximum atomic E-state index is 4.49. The largest absolute Gasteiger partial charge is 0.311 e. The molecule has 2 rings (SSSR count).